The van der Waals surface area contributed by atoms with Gasteiger partial charge in [-0.1, -0.05) is 36.4 Å². The van der Waals surface area contributed by atoms with Gasteiger partial charge in [0.1, 0.15) is 0 Å². The van der Waals surface area contributed by atoms with E-state index in [1.165, 1.54) is 26.9 Å². The van der Waals surface area contributed by atoms with Gasteiger partial charge in [0.15, 0.2) is 0 Å². The Kier molecular flexibility index (Phi) is 2.11. The molecule has 1 aliphatic rings. The van der Waals surface area contributed by atoms with E-state index in [4.69, 9.17) is 0 Å². The van der Waals surface area contributed by atoms with E-state index in [1.807, 2.05) is 0 Å². The van der Waals surface area contributed by atoms with Crippen molar-refractivity contribution in [2.45, 2.75) is 0 Å². The molecule has 1 aromatic heterocycles. The van der Waals surface area contributed by atoms with Crippen LogP contribution >= 0.6 is 11.3 Å². The highest BCUT2D eigenvalue weighted by molar-refractivity contribution is 7.22. The first-order chi connectivity index (χ1) is 8.92. The lowest BCUT2D eigenvalue weighted by Gasteiger charge is -2.25. The molecular weight excluding hydrogens is 239 g/mol. The molecule has 0 aliphatic carbocycles. The van der Waals surface area contributed by atoms with E-state index in [0.717, 1.165) is 0 Å². The van der Waals surface area contributed by atoms with Crippen LogP contribution < -0.4 is 15.2 Å². The molecule has 0 saturated carbocycles. The molecule has 0 amide bonds. The Morgan fingerprint density at radius 1 is 0.833 bits per heavy atom. The van der Waals surface area contributed by atoms with Crippen molar-refractivity contribution >= 4 is 45.2 Å². The number of anilines is 2. The number of nitrogens with one attached hydrogen (secondary N) is 2. The zero-order valence-electron chi connectivity index (χ0n) is 9.68. The van der Waals surface area contributed by atoms with E-state index in [-0.39, 0.29) is 6.98 Å². The Balaban J connectivity index is 1.89. The van der Waals surface area contributed by atoms with E-state index < -0.39 is 0 Å². The van der Waals surface area contributed by atoms with Gasteiger partial charge in [-0.15, -0.1) is 0 Å². The largest absolute Gasteiger partial charge is 0.416 e. The summed E-state index contributed by atoms with van der Waals surface area (Å²) in [5.74, 6) is 0. The van der Waals surface area contributed by atoms with Gasteiger partial charge in [-0.3, -0.25) is 0 Å². The van der Waals surface area contributed by atoms with E-state index in [9.17, 15) is 0 Å². The standard InChI is InChI=1S/C14H11BN2S/c1-4-10-5-2-7-12-14(10)11(6-1)16-15(17-12)13-8-3-9-18-13/h1-9,16-17H. The third kappa shape index (κ3) is 1.42. The maximum Gasteiger partial charge on any atom is 0.416 e. The molecular formula is C14H11BN2S. The zero-order chi connectivity index (χ0) is 11.9. The Labute approximate surface area is 110 Å². The van der Waals surface area contributed by atoms with Crippen molar-refractivity contribution in [2.24, 2.45) is 0 Å². The highest BCUT2D eigenvalue weighted by Crippen LogP contribution is 2.33. The van der Waals surface area contributed by atoms with Gasteiger partial charge >= 0.3 is 6.98 Å². The summed E-state index contributed by atoms with van der Waals surface area (Å²) in [6.07, 6.45) is 0. The lowest BCUT2D eigenvalue weighted by Crippen LogP contribution is -2.46. The maximum atomic E-state index is 3.56. The van der Waals surface area contributed by atoms with Crippen molar-refractivity contribution in [2.75, 3.05) is 10.5 Å². The first-order valence-electron chi connectivity index (χ1n) is 6.00. The Morgan fingerprint density at radius 3 is 2.17 bits per heavy atom. The first-order valence-corrected chi connectivity index (χ1v) is 6.88. The average molecular weight is 250 g/mol. The topological polar surface area (TPSA) is 24.1 Å². The minimum Gasteiger partial charge on any atom is -0.404 e. The lowest BCUT2D eigenvalue weighted by molar-refractivity contribution is 1.62. The Hall–Kier alpha value is -1.94. The third-order valence-corrected chi connectivity index (χ3v) is 4.27. The molecule has 0 atom stereocenters. The summed E-state index contributed by atoms with van der Waals surface area (Å²) in [4.78, 5) is 0. The van der Waals surface area contributed by atoms with E-state index in [2.05, 4.69) is 64.4 Å². The number of hydrogen-bond acceptors (Lipinski definition) is 3. The summed E-state index contributed by atoms with van der Waals surface area (Å²) in [5, 5.41) is 11.8. The first kappa shape index (κ1) is 10.0. The van der Waals surface area contributed by atoms with Crippen LogP contribution in [0.4, 0.5) is 11.4 Å². The van der Waals surface area contributed by atoms with Gasteiger partial charge in [0.25, 0.3) is 0 Å². The van der Waals surface area contributed by atoms with Gasteiger partial charge in [0.05, 0.1) is 0 Å². The molecule has 0 radical (unpaired) electrons. The smallest absolute Gasteiger partial charge is 0.404 e. The van der Waals surface area contributed by atoms with Crippen molar-refractivity contribution in [3.63, 3.8) is 0 Å². The fraction of sp³-hybridized carbons (Fsp3) is 0. The highest BCUT2D eigenvalue weighted by atomic mass is 32.1. The normalized spacial score (nSPS) is 13.2. The lowest BCUT2D eigenvalue weighted by atomic mass is 9.72. The van der Waals surface area contributed by atoms with E-state index >= 15 is 0 Å². The summed E-state index contributed by atoms with van der Waals surface area (Å²) in [5.41, 5.74) is 2.42. The van der Waals surface area contributed by atoms with Crippen LogP contribution in [-0.4, -0.2) is 6.98 Å². The van der Waals surface area contributed by atoms with Crippen LogP contribution in [0.2, 0.25) is 0 Å². The molecule has 0 bridgehead atoms. The van der Waals surface area contributed by atoms with Crippen LogP contribution in [0, 0.1) is 0 Å². The van der Waals surface area contributed by atoms with Crippen molar-refractivity contribution in [3.8, 4) is 0 Å². The van der Waals surface area contributed by atoms with Gasteiger partial charge in [0.2, 0.25) is 0 Å². The molecule has 1 aliphatic heterocycles. The van der Waals surface area contributed by atoms with E-state index in [0.29, 0.717) is 0 Å². The number of benzene rings is 2. The minimum atomic E-state index is 0.172. The molecule has 86 valence electrons. The van der Waals surface area contributed by atoms with Gasteiger partial charge in [-0.05, 0) is 22.9 Å². The van der Waals surface area contributed by atoms with Crippen LogP contribution in [0.1, 0.15) is 0 Å². The number of rotatable bonds is 1. The van der Waals surface area contributed by atoms with Gasteiger partial charge in [0, 0.05) is 21.5 Å². The summed E-state index contributed by atoms with van der Waals surface area (Å²) in [7, 11) is 0. The predicted molar refractivity (Wildman–Crippen MR) is 80.9 cm³/mol. The van der Waals surface area contributed by atoms with Crippen molar-refractivity contribution in [1.82, 2.24) is 0 Å². The molecule has 4 rings (SSSR count). The number of thiophene rings is 1. The average Bonchev–Trinajstić information content (AvgIpc) is 2.93. The molecule has 18 heavy (non-hydrogen) atoms. The molecule has 0 spiro atoms. The monoisotopic (exact) mass is 250 g/mol. The highest BCUT2D eigenvalue weighted by Gasteiger charge is 2.25. The molecule has 4 heteroatoms. The van der Waals surface area contributed by atoms with Crippen LogP contribution in [-0.2, 0) is 0 Å². The van der Waals surface area contributed by atoms with Gasteiger partial charge in [-0.25, -0.2) is 0 Å². The molecule has 2 N–H and O–H groups in total. The Bertz CT molecular complexity index is 668. The molecule has 0 fully saturated rings. The zero-order valence-corrected chi connectivity index (χ0v) is 10.5. The van der Waals surface area contributed by atoms with Crippen molar-refractivity contribution < 1.29 is 0 Å². The molecule has 0 unspecified atom stereocenters. The summed E-state index contributed by atoms with van der Waals surface area (Å²) < 4.78 is 1.31. The van der Waals surface area contributed by atoms with Crippen molar-refractivity contribution in [1.29, 1.82) is 0 Å². The number of hydrogen-bond donors (Lipinski definition) is 2. The van der Waals surface area contributed by atoms with Crippen LogP contribution in [0.3, 0.4) is 0 Å². The molecule has 2 heterocycles. The van der Waals surface area contributed by atoms with Gasteiger partial charge in [-0.2, -0.15) is 11.3 Å². The van der Waals surface area contributed by atoms with Crippen LogP contribution in [0.25, 0.3) is 10.8 Å². The SMILES string of the molecule is c1csc(B2Nc3cccc4cccc(c34)N2)c1. The second-order valence-electron chi connectivity index (χ2n) is 4.45. The maximum absolute atomic E-state index is 3.56. The van der Waals surface area contributed by atoms with Crippen molar-refractivity contribution in [3.05, 3.63) is 53.9 Å². The second kappa shape index (κ2) is 3.78. The molecule has 2 aromatic carbocycles. The fourth-order valence-corrected chi connectivity index (χ4v) is 3.25. The molecule has 3 aromatic rings. The molecule has 0 saturated heterocycles. The van der Waals surface area contributed by atoms with Gasteiger partial charge < -0.3 is 10.5 Å². The summed E-state index contributed by atoms with van der Waals surface area (Å²) in [6.45, 7) is 0.172. The van der Waals surface area contributed by atoms with Crippen LogP contribution in [0.15, 0.2) is 53.9 Å². The minimum absolute atomic E-state index is 0.172. The Morgan fingerprint density at radius 2 is 1.56 bits per heavy atom. The molecule has 2 nitrogen and oxygen atoms in total. The van der Waals surface area contributed by atoms with Crippen LogP contribution in [0.5, 0.6) is 0 Å². The summed E-state index contributed by atoms with van der Waals surface area (Å²) >= 11 is 1.77. The summed E-state index contributed by atoms with van der Waals surface area (Å²) in [6, 6.07) is 17.0. The quantitative estimate of drug-likeness (QED) is 0.648. The fourth-order valence-electron chi connectivity index (χ4n) is 2.53. The third-order valence-electron chi connectivity index (χ3n) is 3.33. The predicted octanol–water partition coefficient (Wildman–Crippen LogP) is 3.13. The second-order valence-corrected chi connectivity index (χ2v) is 5.43. The van der Waals surface area contributed by atoms with E-state index in [1.54, 1.807) is 11.3 Å².